The highest BCUT2D eigenvalue weighted by Gasteiger charge is 2.39. The average molecular weight is 1300 g/mol. The molecule has 0 atom stereocenters. The summed E-state index contributed by atoms with van der Waals surface area (Å²) in [6, 6.07) is 131. The van der Waals surface area contributed by atoms with Crippen LogP contribution in [0.3, 0.4) is 0 Å². The highest BCUT2D eigenvalue weighted by molar-refractivity contribution is 6.11. The lowest BCUT2D eigenvalue weighted by Crippen LogP contribution is -2.17. The van der Waals surface area contributed by atoms with E-state index in [1.54, 1.807) is 0 Å². The molecule has 2 aliphatic carbocycles. The number of fused-ring (bicyclic) bond motifs is 14. The molecule has 0 spiro atoms. The monoisotopic (exact) mass is 1300 g/mol. The third-order valence-corrected chi connectivity index (χ3v) is 22.5. The van der Waals surface area contributed by atoms with Crippen LogP contribution in [0.5, 0.6) is 0 Å². The topological polar surface area (TPSA) is 16.3 Å². The second kappa shape index (κ2) is 22.9. The normalized spacial score (nSPS) is 13.3. The Bertz CT molecular complexity index is 5950. The Morgan fingerprint density at radius 1 is 0.216 bits per heavy atom. The third-order valence-electron chi connectivity index (χ3n) is 22.5. The largest absolute Gasteiger partial charge is 0.310 e. The molecule has 4 nitrogen and oxygen atoms in total. The zero-order chi connectivity index (χ0) is 68.0. The number of nitrogens with zero attached hydrogens (tertiary/aromatic N) is 4. The minimum Gasteiger partial charge on any atom is -0.310 e. The summed E-state index contributed by atoms with van der Waals surface area (Å²) in [4.78, 5) is 4.92. The van der Waals surface area contributed by atoms with Gasteiger partial charge in [0.15, 0.2) is 0 Å². The minimum absolute atomic E-state index is 0.264. The van der Waals surface area contributed by atoms with Crippen LogP contribution in [-0.2, 0) is 10.8 Å². The summed E-state index contributed by atoms with van der Waals surface area (Å²) in [6.45, 7) is 9.59. The summed E-state index contributed by atoms with van der Waals surface area (Å²) < 4.78 is 4.88. The first-order valence-electron chi connectivity index (χ1n) is 35.6. The van der Waals surface area contributed by atoms with Gasteiger partial charge in [0, 0.05) is 77.3 Å². The molecule has 482 valence electrons. The molecule has 0 radical (unpaired) electrons. The quantitative estimate of drug-likeness (QED) is 0.128. The van der Waals surface area contributed by atoms with Crippen LogP contribution in [0.2, 0.25) is 0 Å². The van der Waals surface area contributed by atoms with Gasteiger partial charge in [-0.3, -0.25) is 0 Å². The van der Waals surface area contributed by atoms with E-state index in [1.807, 2.05) is 0 Å². The van der Waals surface area contributed by atoms with Crippen LogP contribution < -0.4 is 9.80 Å². The van der Waals surface area contributed by atoms with Crippen LogP contribution in [0.1, 0.15) is 49.9 Å². The van der Waals surface area contributed by atoms with E-state index in [9.17, 15) is 0 Å². The van der Waals surface area contributed by atoms with E-state index in [2.05, 4.69) is 398 Å². The van der Waals surface area contributed by atoms with Gasteiger partial charge in [-0.05, 0) is 210 Å². The molecule has 2 heterocycles. The summed E-state index contributed by atoms with van der Waals surface area (Å²) in [7, 11) is 0. The molecule has 2 aliphatic rings. The van der Waals surface area contributed by atoms with Crippen LogP contribution in [0.15, 0.2) is 352 Å². The Balaban J connectivity index is 0.606. The summed E-state index contributed by atoms with van der Waals surface area (Å²) in [5, 5.41) is 9.90. The van der Waals surface area contributed by atoms with E-state index in [-0.39, 0.29) is 10.8 Å². The molecule has 0 aliphatic heterocycles. The number of anilines is 6. The Morgan fingerprint density at radius 2 is 0.500 bits per heavy atom. The molecule has 18 aromatic rings. The van der Waals surface area contributed by atoms with Crippen molar-refractivity contribution in [3.05, 3.63) is 374 Å². The molecule has 0 N–H and O–H groups in total. The second-order valence-electron chi connectivity index (χ2n) is 28.8. The molecule has 102 heavy (non-hydrogen) atoms. The van der Waals surface area contributed by atoms with Gasteiger partial charge < -0.3 is 18.9 Å². The molecule has 0 saturated heterocycles. The molecule has 0 bridgehead atoms. The first kappa shape index (κ1) is 59.3. The summed E-state index contributed by atoms with van der Waals surface area (Å²) in [5.41, 5.74) is 30.9. The van der Waals surface area contributed by atoms with Crippen molar-refractivity contribution in [3.63, 3.8) is 0 Å². The lowest BCUT2D eigenvalue weighted by Gasteiger charge is -2.29. The van der Waals surface area contributed by atoms with Crippen LogP contribution in [0, 0.1) is 0 Å². The fraction of sp³-hybridized carbons (Fsp3) is 0.0612. The van der Waals surface area contributed by atoms with Crippen molar-refractivity contribution in [3.8, 4) is 67.0 Å². The van der Waals surface area contributed by atoms with Crippen LogP contribution >= 0.6 is 0 Å². The van der Waals surface area contributed by atoms with E-state index >= 15 is 0 Å². The van der Waals surface area contributed by atoms with Crippen molar-refractivity contribution in [1.29, 1.82) is 0 Å². The standard InChI is InChI=1S/C98H70N4/c1-97(2)87-59-73(49-53-79(87)81-55-51-75(61-89(81)97)101-93-35-13-9-31-83(93)84-32-10-14-36-94(84)101)99(91-39-19-23-65-21-5-7-29-77(65)91)71-45-41-63(42-46-71)67-25-17-27-69(57-67)70-28-18-26-68(58-70)64-43-47-72(48-44-64)100(92-40-20-24-66-22-6-8-30-78(66)92)74-50-54-80-82-56-52-76(62-90(82)98(3,4)88(80)60-74)102-95-37-15-11-33-85(95)86-34-12-16-38-96(86)102/h5-62H,1-4H3. The summed E-state index contributed by atoms with van der Waals surface area (Å²) >= 11 is 0. The van der Waals surface area contributed by atoms with Crippen molar-refractivity contribution < 1.29 is 0 Å². The molecule has 2 aromatic heterocycles. The predicted molar refractivity (Wildman–Crippen MR) is 431 cm³/mol. The van der Waals surface area contributed by atoms with Gasteiger partial charge in [-0.25, -0.2) is 0 Å². The molecule has 20 rings (SSSR count). The Morgan fingerprint density at radius 3 is 0.873 bits per heavy atom. The zero-order valence-electron chi connectivity index (χ0n) is 57.3. The number of hydrogen-bond donors (Lipinski definition) is 0. The van der Waals surface area contributed by atoms with E-state index in [1.165, 1.54) is 143 Å². The molecule has 4 heteroatoms. The van der Waals surface area contributed by atoms with Crippen molar-refractivity contribution in [1.82, 2.24) is 9.13 Å². The van der Waals surface area contributed by atoms with Crippen molar-refractivity contribution in [2.75, 3.05) is 9.80 Å². The minimum atomic E-state index is -0.264. The number of hydrogen-bond acceptors (Lipinski definition) is 2. The molecular formula is C98H70N4. The predicted octanol–water partition coefficient (Wildman–Crippen LogP) is 26.7. The SMILES string of the molecule is CC1(C)c2cc(N(c3ccc(-c4cccc(-c5cccc(-c6ccc(N(c7ccc8c(c7)C(C)(C)c7cc(-n9c%10ccccc%10c%10ccccc%109)ccc7-8)c7cccc8ccccc78)cc6)c5)c4)cc3)c3cccc4ccccc34)ccc2-c2ccc(-n3c4ccccc4c4ccccc43)cc21. The van der Waals surface area contributed by atoms with Crippen molar-refractivity contribution in [2.45, 2.75) is 38.5 Å². The van der Waals surface area contributed by atoms with Gasteiger partial charge >= 0.3 is 0 Å². The lowest BCUT2D eigenvalue weighted by atomic mass is 9.82. The van der Waals surface area contributed by atoms with Gasteiger partial charge in [0.25, 0.3) is 0 Å². The van der Waals surface area contributed by atoms with Gasteiger partial charge in [0.2, 0.25) is 0 Å². The molecule has 0 amide bonds. The van der Waals surface area contributed by atoms with Crippen molar-refractivity contribution in [2.24, 2.45) is 0 Å². The van der Waals surface area contributed by atoms with Crippen LogP contribution in [0.4, 0.5) is 34.1 Å². The first-order valence-corrected chi connectivity index (χ1v) is 35.6. The Labute approximate surface area is 594 Å². The molecule has 0 fully saturated rings. The van der Waals surface area contributed by atoms with Gasteiger partial charge in [0.05, 0.1) is 33.4 Å². The van der Waals surface area contributed by atoms with Crippen LogP contribution in [-0.4, -0.2) is 9.13 Å². The molecular weight excluding hydrogens is 1230 g/mol. The first-order chi connectivity index (χ1) is 50.1. The number of rotatable bonds is 11. The maximum absolute atomic E-state index is 2.46. The molecule has 16 aromatic carbocycles. The average Bonchev–Trinajstić information content (AvgIpc) is 1.55. The van der Waals surface area contributed by atoms with E-state index in [4.69, 9.17) is 0 Å². The zero-order valence-corrected chi connectivity index (χ0v) is 57.3. The van der Waals surface area contributed by atoms with Gasteiger partial charge in [-0.15, -0.1) is 0 Å². The van der Waals surface area contributed by atoms with E-state index in [0.29, 0.717) is 0 Å². The highest BCUT2D eigenvalue weighted by atomic mass is 15.2. The van der Waals surface area contributed by atoms with Crippen molar-refractivity contribution >= 4 is 99.3 Å². The number of benzene rings is 16. The van der Waals surface area contributed by atoms with E-state index < -0.39 is 0 Å². The molecule has 0 unspecified atom stereocenters. The molecule has 0 saturated carbocycles. The smallest absolute Gasteiger partial charge is 0.0541 e. The van der Waals surface area contributed by atoms with Crippen LogP contribution in [0.25, 0.3) is 132 Å². The van der Waals surface area contributed by atoms with Gasteiger partial charge in [-0.2, -0.15) is 0 Å². The van der Waals surface area contributed by atoms with E-state index in [0.717, 1.165) is 45.3 Å². The maximum atomic E-state index is 2.46. The summed E-state index contributed by atoms with van der Waals surface area (Å²) in [6.07, 6.45) is 0. The van der Waals surface area contributed by atoms with Gasteiger partial charge in [0.1, 0.15) is 0 Å². The summed E-state index contributed by atoms with van der Waals surface area (Å²) in [5.74, 6) is 0. The maximum Gasteiger partial charge on any atom is 0.0541 e. The fourth-order valence-electron chi connectivity index (χ4n) is 17.4. The highest BCUT2D eigenvalue weighted by Crippen LogP contribution is 2.55. The number of aromatic nitrogens is 2. The Hall–Kier alpha value is -12.8. The fourth-order valence-corrected chi connectivity index (χ4v) is 17.4. The number of para-hydroxylation sites is 4. The van der Waals surface area contributed by atoms with Gasteiger partial charge in [-0.1, -0.05) is 258 Å². The second-order valence-corrected chi connectivity index (χ2v) is 28.8. The lowest BCUT2D eigenvalue weighted by molar-refractivity contribution is 0.660. The Kier molecular flexibility index (Phi) is 13.3. The third kappa shape index (κ3) is 9.22.